The van der Waals surface area contributed by atoms with Gasteiger partial charge in [-0.05, 0) is 86.0 Å². The molecule has 1 aromatic carbocycles. The van der Waals surface area contributed by atoms with Crippen molar-refractivity contribution in [1.82, 2.24) is 0 Å². The third-order valence-electron chi connectivity index (χ3n) is 7.31. The number of nitriles is 2. The summed E-state index contributed by atoms with van der Waals surface area (Å²) in [4.78, 5) is 0. The molecule has 29 heavy (non-hydrogen) atoms. The van der Waals surface area contributed by atoms with E-state index in [1.54, 1.807) is 6.07 Å². The third kappa shape index (κ3) is 6.71. The molecule has 0 amide bonds. The van der Waals surface area contributed by atoms with Crippen molar-refractivity contribution >= 4 is 0 Å². The molecule has 2 aliphatic rings. The molecule has 0 spiro atoms. The van der Waals surface area contributed by atoms with Gasteiger partial charge in [-0.15, -0.1) is 0 Å². The van der Waals surface area contributed by atoms with Crippen LogP contribution in [0.4, 0.5) is 4.39 Å². The van der Waals surface area contributed by atoms with Gasteiger partial charge in [0, 0.05) is 0 Å². The van der Waals surface area contributed by atoms with E-state index in [0.717, 1.165) is 29.7 Å². The quantitative estimate of drug-likeness (QED) is 0.449. The highest BCUT2D eigenvalue weighted by molar-refractivity contribution is 5.33. The Morgan fingerprint density at radius 3 is 1.86 bits per heavy atom. The molecular weight excluding hydrogens is 359 g/mol. The molecule has 2 aliphatic carbocycles. The third-order valence-corrected chi connectivity index (χ3v) is 7.31. The Morgan fingerprint density at radius 1 is 0.828 bits per heavy atom. The lowest BCUT2D eigenvalue weighted by molar-refractivity contribution is 0.225. The first kappa shape index (κ1) is 21.6. The molecule has 0 aromatic heterocycles. The highest BCUT2D eigenvalue weighted by Gasteiger charge is 2.25. The van der Waals surface area contributed by atoms with Gasteiger partial charge in [-0.3, -0.25) is 0 Å². The minimum atomic E-state index is -0.632. The average molecular weight is 393 g/mol. The maximum absolute atomic E-state index is 12.9. The van der Waals surface area contributed by atoms with Crippen LogP contribution in [0.2, 0.25) is 0 Å². The molecular formula is C26H33FN2. The van der Waals surface area contributed by atoms with Crippen molar-refractivity contribution in [3.05, 3.63) is 47.3 Å². The largest absolute Gasteiger partial charge is 0.196 e. The Balaban J connectivity index is 1.31. The first-order chi connectivity index (χ1) is 14.2. The molecule has 1 aromatic rings. The van der Waals surface area contributed by atoms with Gasteiger partial charge in [0.15, 0.2) is 5.83 Å². The van der Waals surface area contributed by atoms with Crippen LogP contribution in [0, 0.1) is 40.4 Å². The average Bonchev–Trinajstić information content (AvgIpc) is 2.79. The highest BCUT2D eigenvalue weighted by atomic mass is 19.1. The molecule has 0 atom stereocenters. The van der Waals surface area contributed by atoms with Crippen molar-refractivity contribution in [3.63, 3.8) is 0 Å². The topological polar surface area (TPSA) is 47.6 Å². The van der Waals surface area contributed by atoms with Gasteiger partial charge < -0.3 is 0 Å². The lowest BCUT2D eigenvalue weighted by Gasteiger charge is -2.32. The lowest BCUT2D eigenvalue weighted by atomic mass is 9.74. The van der Waals surface area contributed by atoms with Crippen LogP contribution < -0.4 is 0 Å². The maximum atomic E-state index is 12.9. The predicted molar refractivity (Wildman–Crippen MR) is 115 cm³/mol. The van der Waals surface area contributed by atoms with Crippen LogP contribution in [0.3, 0.4) is 0 Å². The molecule has 3 rings (SSSR count). The summed E-state index contributed by atoms with van der Waals surface area (Å²) in [5.74, 6) is 2.54. The van der Waals surface area contributed by atoms with E-state index in [0.29, 0.717) is 12.3 Å². The number of halogens is 1. The van der Waals surface area contributed by atoms with Crippen LogP contribution in [-0.2, 0) is 0 Å². The summed E-state index contributed by atoms with van der Waals surface area (Å²) in [5, 5.41) is 17.4. The molecule has 154 valence electrons. The Morgan fingerprint density at radius 2 is 1.34 bits per heavy atom. The second-order valence-corrected chi connectivity index (χ2v) is 9.16. The highest BCUT2D eigenvalue weighted by Crippen LogP contribution is 2.40. The number of nitrogens with zero attached hydrogens (tertiary/aromatic N) is 2. The predicted octanol–water partition coefficient (Wildman–Crippen LogP) is 7.58. The Kier molecular flexibility index (Phi) is 8.30. The fraction of sp³-hybridized carbons (Fsp3) is 0.615. The van der Waals surface area contributed by atoms with Gasteiger partial charge in [0.1, 0.15) is 6.07 Å². The maximum Gasteiger partial charge on any atom is 0.196 e. The molecule has 0 N–H and O–H groups in total. The zero-order chi connectivity index (χ0) is 20.5. The Bertz CT molecular complexity index is 736. The molecule has 3 heteroatoms. The molecule has 2 fully saturated rings. The fourth-order valence-electron chi connectivity index (χ4n) is 5.39. The van der Waals surface area contributed by atoms with Crippen LogP contribution in [0.1, 0.15) is 94.1 Å². The second-order valence-electron chi connectivity index (χ2n) is 9.16. The molecule has 0 heterocycles. The van der Waals surface area contributed by atoms with Gasteiger partial charge in [-0.2, -0.15) is 14.9 Å². The van der Waals surface area contributed by atoms with Crippen molar-refractivity contribution in [2.24, 2.45) is 17.8 Å². The number of benzene rings is 1. The van der Waals surface area contributed by atoms with E-state index in [-0.39, 0.29) is 0 Å². The van der Waals surface area contributed by atoms with E-state index >= 15 is 0 Å². The molecule has 0 radical (unpaired) electrons. The summed E-state index contributed by atoms with van der Waals surface area (Å²) in [7, 11) is 0. The van der Waals surface area contributed by atoms with Gasteiger partial charge in [0.25, 0.3) is 0 Å². The van der Waals surface area contributed by atoms with Crippen molar-refractivity contribution < 1.29 is 4.39 Å². The fourth-order valence-corrected chi connectivity index (χ4v) is 5.39. The minimum absolute atomic E-state index is 0.632. The van der Waals surface area contributed by atoms with Crippen molar-refractivity contribution in [2.75, 3.05) is 0 Å². The summed E-state index contributed by atoms with van der Waals surface area (Å²) >= 11 is 0. The SMILES string of the molecule is N#C/C(F)=C/CCC1CCC(CCC2CCC(c3ccc(C#N)cc3)CC2)CC1. The molecule has 0 unspecified atom stereocenters. The molecule has 0 saturated heterocycles. The van der Waals surface area contributed by atoms with Crippen molar-refractivity contribution in [2.45, 2.75) is 83.0 Å². The molecule has 2 saturated carbocycles. The van der Waals surface area contributed by atoms with E-state index < -0.39 is 5.83 Å². The molecule has 0 bridgehead atoms. The van der Waals surface area contributed by atoms with E-state index in [1.807, 2.05) is 12.1 Å². The number of hydrogen-bond donors (Lipinski definition) is 0. The molecule has 0 aliphatic heterocycles. The van der Waals surface area contributed by atoms with E-state index in [2.05, 4.69) is 18.2 Å². The number of hydrogen-bond acceptors (Lipinski definition) is 2. The van der Waals surface area contributed by atoms with Gasteiger partial charge >= 0.3 is 0 Å². The minimum Gasteiger partial charge on any atom is -0.195 e. The van der Waals surface area contributed by atoms with Crippen LogP contribution in [-0.4, -0.2) is 0 Å². The smallest absolute Gasteiger partial charge is 0.195 e. The van der Waals surface area contributed by atoms with Gasteiger partial charge in [0.05, 0.1) is 11.6 Å². The van der Waals surface area contributed by atoms with Crippen molar-refractivity contribution in [3.8, 4) is 12.1 Å². The first-order valence-corrected chi connectivity index (χ1v) is 11.4. The summed E-state index contributed by atoms with van der Waals surface area (Å²) in [5.41, 5.74) is 2.16. The van der Waals surface area contributed by atoms with Gasteiger partial charge in [0.2, 0.25) is 0 Å². The van der Waals surface area contributed by atoms with Gasteiger partial charge in [-0.1, -0.05) is 50.7 Å². The van der Waals surface area contributed by atoms with Crippen LogP contribution in [0.15, 0.2) is 36.2 Å². The first-order valence-electron chi connectivity index (χ1n) is 11.4. The van der Waals surface area contributed by atoms with Crippen LogP contribution in [0.25, 0.3) is 0 Å². The van der Waals surface area contributed by atoms with Crippen LogP contribution >= 0.6 is 0 Å². The summed E-state index contributed by atoms with van der Waals surface area (Å²) in [6, 6.07) is 12.0. The normalized spacial score (nSPS) is 27.8. The lowest BCUT2D eigenvalue weighted by Crippen LogP contribution is -2.17. The summed E-state index contributed by atoms with van der Waals surface area (Å²) in [6.45, 7) is 0. The summed E-state index contributed by atoms with van der Waals surface area (Å²) < 4.78 is 12.9. The van der Waals surface area contributed by atoms with E-state index in [1.165, 1.54) is 75.8 Å². The zero-order valence-corrected chi connectivity index (χ0v) is 17.5. The monoisotopic (exact) mass is 392 g/mol. The second kappa shape index (κ2) is 11.2. The van der Waals surface area contributed by atoms with Crippen molar-refractivity contribution in [1.29, 1.82) is 10.5 Å². The molecule has 2 nitrogen and oxygen atoms in total. The van der Waals surface area contributed by atoms with E-state index in [4.69, 9.17) is 10.5 Å². The number of rotatable bonds is 7. The number of allylic oxidation sites excluding steroid dienone is 2. The standard InChI is InChI=1S/C26H33FN2/c27-26(19-29)3-1-2-20-4-6-21(7-5-20)8-9-22-10-14-24(15-11-22)25-16-12-23(18-28)13-17-25/h3,12-13,16-17,20-22,24H,1-2,4-11,14-15H2/b26-3-. The van der Waals surface area contributed by atoms with Crippen LogP contribution in [0.5, 0.6) is 0 Å². The Labute approximate surface area is 175 Å². The van der Waals surface area contributed by atoms with E-state index in [9.17, 15) is 4.39 Å². The summed E-state index contributed by atoms with van der Waals surface area (Å²) in [6.07, 6.45) is 16.4. The Hall–Kier alpha value is -2.13. The van der Waals surface area contributed by atoms with Gasteiger partial charge in [-0.25, -0.2) is 0 Å². The zero-order valence-electron chi connectivity index (χ0n) is 17.5.